The highest BCUT2D eigenvalue weighted by atomic mass is 32.2. The summed E-state index contributed by atoms with van der Waals surface area (Å²) in [6.45, 7) is 8.43. The Morgan fingerprint density at radius 1 is 1.08 bits per heavy atom. The molecule has 0 radical (unpaired) electrons. The van der Waals surface area contributed by atoms with E-state index in [1.807, 2.05) is 19.1 Å². The summed E-state index contributed by atoms with van der Waals surface area (Å²) in [6, 6.07) is 8.63. The lowest BCUT2D eigenvalue weighted by Crippen LogP contribution is -2.04. The number of rotatable bonds is 9. The van der Waals surface area contributed by atoms with Crippen molar-refractivity contribution >= 4 is 9.84 Å². The van der Waals surface area contributed by atoms with Crippen LogP contribution in [0.3, 0.4) is 0 Å². The van der Waals surface area contributed by atoms with Crippen molar-refractivity contribution in [2.75, 3.05) is 5.75 Å². The molecule has 0 N–H and O–H groups in total. The smallest absolute Gasteiger partial charge is 0.181 e. The predicted molar refractivity (Wildman–Crippen MR) is 103 cm³/mol. The maximum atomic E-state index is 12.3. The summed E-state index contributed by atoms with van der Waals surface area (Å²) in [4.78, 5) is 0.389. The summed E-state index contributed by atoms with van der Waals surface area (Å²) in [5.41, 5.74) is 2.58. The van der Waals surface area contributed by atoms with E-state index in [1.54, 1.807) is 24.3 Å². The lowest BCUT2D eigenvalue weighted by molar-refractivity contribution is 0.320. The quantitative estimate of drug-likeness (QED) is 0.454. The molecule has 1 aliphatic heterocycles. The summed E-state index contributed by atoms with van der Waals surface area (Å²) < 4.78 is 30.1. The first-order valence-corrected chi connectivity index (χ1v) is 10.6. The SMILES string of the molecule is CC(=CCS(=O)(=O)c1ccccc1)CCC=C(C)CCC1OC1(C)C. The van der Waals surface area contributed by atoms with Crippen molar-refractivity contribution in [2.24, 2.45) is 0 Å². The number of ether oxygens (including phenoxy) is 1. The van der Waals surface area contributed by atoms with Crippen molar-refractivity contribution < 1.29 is 13.2 Å². The van der Waals surface area contributed by atoms with E-state index in [0.29, 0.717) is 11.0 Å². The van der Waals surface area contributed by atoms with E-state index in [-0.39, 0.29) is 11.4 Å². The fraction of sp³-hybridized carbons (Fsp3) is 0.524. The van der Waals surface area contributed by atoms with Crippen molar-refractivity contribution in [3.05, 3.63) is 53.6 Å². The fourth-order valence-corrected chi connectivity index (χ4v) is 4.09. The molecule has 3 nitrogen and oxygen atoms in total. The minimum Gasteiger partial charge on any atom is -0.367 e. The zero-order valence-corrected chi connectivity index (χ0v) is 16.6. The zero-order valence-electron chi connectivity index (χ0n) is 15.8. The van der Waals surface area contributed by atoms with Gasteiger partial charge in [-0.3, -0.25) is 0 Å². The minimum absolute atomic E-state index is 0.0691. The summed E-state index contributed by atoms with van der Waals surface area (Å²) in [7, 11) is -3.22. The molecular formula is C21H30O3S. The first-order valence-electron chi connectivity index (χ1n) is 8.97. The molecule has 2 rings (SSSR count). The molecule has 138 valence electrons. The molecule has 1 fully saturated rings. The fourth-order valence-electron chi connectivity index (χ4n) is 2.82. The van der Waals surface area contributed by atoms with Crippen LogP contribution in [-0.4, -0.2) is 25.9 Å². The van der Waals surface area contributed by atoms with Gasteiger partial charge in [0.15, 0.2) is 9.84 Å². The van der Waals surface area contributed by atoms with Crippen LogP contribution in [0.1, 0.15) is 53.4 Å². The molecule has 0 aliphatic carbocycles. The molecule has 1 aromatic carbocycles. The van der Waals surface area contributed by atoms with E-state index in [1.165, 1.54) is 5.57 Å². The lowest BCUT2D eigenvalue weighted by atomic mass is 10.0. The van der Waals surface area contributed by atoms with Crippen LogP contribution in [0.5, 0.6) is 0 Å². The molecule has 25 heavy (non-hydrogen) atoms. The molecule has 0 saturated carbocycles. The molecule has 1 heterocycles. The highest BCUT2D eigenvalue weighted by Crippen LogP contribution is 2.38. The third-order valence-corrected chi connectivity index (χ3v) is 6.35. The van der Waals surface area contributed by atoms with Gasteiger partial charge in [0.1, 0.15) is 0 Å². The van der Waals surface area contributed by atoms with Gasteiger partial charge in [-0.1, -0.05) is 41.5 Å². The number of sulfone groups is 1. The number of hydrogen-bond acceptors (Lipinski definition) is 3. The number of benzene rings is 1. The Balaban J connectivity index is 1.75. The molecule has 1 saturated heterocycles. The predicted octanol–water partition coefficient (Wildman–Crippen LogP) is 5.09. The van der Waals surface area contributed by atoms with Crippen molar-refractivity contribution in [2.45, 2.75) is 70.0 Å². The van der Waals surface area contributed by atoms with E-state index in [4.69, 9.17) is 4.74 Å². The van der Waals surface area contributed by atoms with E-state index in [0.717, 1.165) is 31.3 Å². The van der Waals surface area contributed by atoms with Crippen molar-refractivity contribution in [3.63, 3.8) is 0 Å². The molecule has 1 unspecified atom stereocenters. The zero-order chi connectivity index (χ0) is 18.5. The highest BCUT2D eigenvalue weighted by molar-refractivity contribution is 7.91. The van der Waals surface area contributed by atoms with Crippen LogP contribution in [0.2, 0.25) is 0 Å². The maximum absolute atomic E-state index is 12.3. The topological polar surface area (TPSA) is 46.7 Å². The Bertz CT molecular complexity index is 728. The largest absolute Gasteiger partial charge is 0.367 e. The van der Waals surface area contributed by atoms with Crippen LogP contribution < -0.4 is 0 Å². The molecular weight excluding hydrogens is 332 g/mol. The molecule has 1 aliphatic rings. The minimum atomic E-state index is -3.22. The van der Waals surface area contributed by atoms with Crippen LogP contribution in [0, 0.1) is 0 Å². The Kier molecular flexibility index (Phi) is 6.64. The van der Waals surface area contributed by atoms with E-state index in [2.05, 4.69) is 26.8 Å². The van der Waals surface area contributed by atoms with Gasteiger partial charge in [-0.05, 0) is 65.5 Å². The standard InChI is InChI=1S/C21H30O3S/c1-17(13-14-20-21(3,4)24-20)9-8-10-18(2)15-16-25(22,23)19-11-6-5-7-12-19/h5-7,9,11-12,15,20H,8,10,13-14,16H2,1-4H3. The summed E-state index contributed by atoms with van der Waals surface area (Å²) >= 11 is 0. The van der Waals surface area contributed by atoms with Crippen LogP contribution in [0.15, 0.2) is 58.5 Å². The second-order valence-electron chi connectivity index (χ2n) is 7.48. The molecule has 0 aromatic heterocycles. The van der Waals surface area contributed by atoms with Crippen molar-refractivity contribution in [1.82, 2.24) is 0 Å². The van der Waals surface area contributed by atoms with Gasteiger partial charge in [0.25, 0.3) is 0 Å². The average Bonchev–Trinajstić information content (AvgIpc) is 3.19. The highest BCUT2D eigenvalue weighted by Gasteiger charge is 2.46. The Morgan fingerprint density at radius 3 is 2.28 bits per heavy atom. The third kappa shape index (κ3) is 6.44. The summed E-state index contributed by atoms with van der Waals surface area (Å²) in [5.74, 6) is 0.0691. The monoisotopic (exact) mass is 362 g/mol. The van der Waals surface area contributed by atoms with E-state index >= 15 is 0 Å². The maximum Gasteiger partial charge on any atom is 0.181 e. The van der Waals surface area contributed by atoms with Gasteiger partial charge in [0.05, 0.1) is 22.4 Å². The van der Waals surface area contributed by atoms with E-state index in [9.17, 15) is 8.42 Å². The van der Waals surface area contributed by atoms with Gasteiger partial charge in [0, 0.05) is 0 Å². The third-order valence-electron chi connectivity index (χ3n) is 4.75. The van der Waals surface area contributed by atoms with Gasteiger partial charge < -0.3 is 4.74 Å². The van der Waals surface area contributed by atoms with Crippen LogP contribution in [0.4, 0.5) is 0 Å². The van der Waals surface area contributed by atoms with E-state index < -0.39 is 9.84 Å². The normalized spacial score (nSPS) is 20.6. The van der Waals surface area contributed by atoms with Gasteiger partial charge in [-0.15, -0.1) is 0 Å². The molecule has 0 amide bonds. The summed E-state index contributed by atoms with van der Waals surface area (Å²) in [6.07, 6.45) is 8.51. The Morgan fingerprint density at radius 2 is 1.68 bits per heavy atom. The van der Waals surface area contributed by atoms with Crippen molar-refractivity contribution in [3.8, 4) is 0 Å². The Hall–Kier alpha value is -1.39. The first-order chi connectivity index (χ1) is 11.7. The molecule has 1 atom stereocenters. The average molecular weight is 363 g/mol. The number of hydrogen-bond donors (Lipinski definition) is 0. The summed E-state index contributed by atoms with van der Waals surface area (Å²) in [5, 5.41) is 0. The van der Waals surface area contributed by atoms with Gasteiger partial charge in [0.2, 0.25) is 0 Å². The van der Waals surface area contributed by atoms with Gasteiger partial charge >= 0.3 is 0 Å². The molecule has 0 bridgehead atoms. The van der Waals surface area contributed by atoms with Crippen LogP contribution >= 0.6 is 0 Å². The number of allylic oxidation sites excluding steroid dienone is 3. The molecule has 0 spiro atoms. The number of epoxide rings is 1. The second kappa shape index (κ2) is 8.33. The first kappa shape index (κ1) is 19.9. The molecule has 1 aromatic rings. The molecule has 4 heteroatoms. The van der Waals surface area contributed by atoms with Crippen LogP contribution in [-0.2, 0) is 14.6 Å². The van der Waals surface area contributed by atoms with Crippen molar-refractivity contribution in [1.29, 1.82) is 0 Å². The van der Waals surface area contributed by atoms with Gasteiger partial charge in [-0.25, -0.2) is 8.42 Å². The van der Waals surface area contributed by atoms with Crippen LogP contribution in [0.25, 0.3) is 0 Å². The second-order valence-corrected chi connectivity index (χ2v) is 9.52. The van der Waals surface area contributed by atoms with Gasteiger partial charge in [-0.2, -0.15) is 0 Å². The Labute approximate surface area is 152 Å². The lowest BCUT2D eigenvalue weighted by Gasteiger charge is -2.04.